The van der Waals surface area contributed by atoms with Gasteiger partial charge in [-0.15, -0.1) is 0 Å². The fourth-order valence-corrected chi connectivity index (χ4v) is 8.12. The zero-order valence-corrected chi connectivity index (χ0v) is 34.9. The van der Waals surface area contributed by atoms with Crippen molar-refractivity contribution in [1.82, 2.24) is 25.2 Å². The average Bonchev–Trinajstić information content (AvgIpc) is 3.99. The summed E-state index contributed by atoms with van der Waals surface area (Å²) >= 11 is 0. The standard InChI is InChI=1S/C45H43F2N5O8S/c1-25-31(9-6-11-33(25)42-50-36-16-28(22-52(3)4)38(18-40(36)58-42)56-23-27-15-30(21-48-20-27)61(5,54)55)32-10-7-12-34(26(32)2)43-51-37-17-29(24-57-44(53)35-13-8-14-49-35)39(60-45(46)47)19-41(37)59-43/h6-7,9-12,15-21,35,45,49H,8,13-14,22-24H2,1-5H3/t35-/m0/s1. The number of oxazole rings is 2. The first kappa shape index (κ1) is 41.5. The first-order valence-corrected chi connectivity index (χ1v) is 21.4. The lowest BCUT2D eigenvalue weighted by molar-refractivity contribution is -0.147. The number of fused-ring (bicyclic) bond motifs is 2. The van der Waals surface area contributed by atoms with Crippen molar-refractivity contribution < 1.29 is 45.0 Å². The minimum Gasteiger partial charge on any atom is -0.488 e. The smallest absolute Gasteiger partial charge is 0.387 e. The molecular formula is C45H43F2N5O8S. The van der Waals surface area contributed by atoms with Gasteiger partial charge < -0.3 is 33.3 Å². The third-order valence-corrected chi connectivity index (χ3v) is 11.6. The molecule has 0 spiro atoms. The summed E-state index contributed by atoms with van der Waals surface area (Å²) in [6.07, 6.45) is 5.52. The van der Waals surface area contributed by atoms with E-state index in [0.29, 0.717) is 58.9 Å². The molecule has 1 atom stereocenters. The van der Waals surface area contributed by atoms with Crippen LogP contribution in [0, 0.1) is 13.8 Å². The van der Waals surface area contributed by atoms with Gasteiger partial charge in [0.15, 0.2) is 21.0 Å². The van der Waals surface area contributed by atoms with Crippen molar-refractivity contribution >= 4 is 38.0 Å². The number of carbonyl (C=O) groups excluding carboxylic acids is 1. The topological polar surface area (TPSA) is 159 Å². The maximum Gasteiger partial charge on any atom is 0.387 e. The summed E-state index contributed by atoms with van der Waals surface area (Å²) in [6.45, 7) is 1.94. The molecule has 0 saturated carbocycles. The second kappa shape index (κ2) is 17.0. The van der Waals surface area contributed by atoms with Gasteiger partial charge in [0.2, 0.25) is 11.8 Å². The van der Waals surface area contributed by atoms with Crippen LogP contribution < -0.4 is 14.8 Å². The molecule has 1 N–H and O–H groups in total. The molecule has 13 nitrogen and oxygen atoms in total. The molecule has 0 unspecified atom stereocenters. The van der Waals surface area contributed by atoms with Gasteiger partial charge in [-0.1, -0.05) is 24.3 Å². The van der Waals surface area contributed by atoms with E-state index in [-0.39, 0.29) is 40.9 Å². The van der Waals surface area contributed by atoms with Crippen LogP contribution in [-0.4, -0.2) is 73.8 Å². The van der Waals surface area contributed by atoms with E-state index in [4.69, 9.17) is 33.0 Å². The van der Waals surface area contributed by atoms with Crippen molar-refractivity contribution in [3.05, 3.63) is 107 Å². The Balaban J connectivity index is 1.09. The lowest BCUT2D eigenvalue weighted by Crippen LogP contribution is -2.32. The quantitative estimate of drug-likeness (QED) is 0.104. The zero-order valence-electron chi connectivity index (χ0n) is 34.1. The SMILES string of the molecule is Cc1c(-c2nc3cc(CN(C)C)c(OCc4cncc(S(C)(=O)=O)c4)cc3o2)cccc1-c1cccc(-c2nc3cc(COC(=O)[C@@H]4CCCN4)c(OC(F)F)cc3o2)c1C. The van der Waals surface area contributed by atoms with Crippen molar-refractivity contribution in [1.29, 1.82) is 0 Å². The van der Waals surface area contributed by atoms with E-state index in [1.54, 1.807) is 24.4 Å². The fraction of sp³-hybridized carbons (Fsp3) is 0.289. The summed E-state index contributed by atoms with van der Waals surface area (Å²) in [7, 11) is 0.467. The van der Waals surface area contributed by atoms with E-state index in [0.717, 1.165) is 46.1 Å². The van der Waals surface area contributed by atoms with Crippen molar-refractivity contribution in [3.8, 4) is 45.5 Å². The Labute approximate surface area is 350 Å². The maximum atomic E-state index is 13.5. The van der Waals surface area contributed by atoms with Crippen molar-refractivity contribution in [2.75, 3.05) is 26.9 Å². The first-order valence-electron chi connectivity index (χ1n) is 19.6. The van der Waals surface area contributed by atoms with Gasteiger partial charge in [-0.2, -0.15) is 8.78 Å². The minimum absolute atomic E-state index is 0.0944. The van der Waals surface area contributed by atoms with Crippen molar-refractivity contribution in [3.63, 3.8) is 0 Å². The van der Waals surface area contributed by atoms with E-state index in [1.807, 2.05) is 75.3 Å². The molecule has 1 saturated heterocycles. The predicted octanol–water partition coefficient (Wildman–Crippen LogP) is 8.42. The minimum atomic E-state index is -3.43. The molecule has 0 radical (unpaired) electrons. The van der Waals surface area contributed by atoms with Crippen LogP contribution in [0.5, 0.6) is 11.5 Å². The first-order chi connectivity index (χ1) is 29.2. The van der Waals surface area contributed by atoms with Gasteiger partial charge in [0, 0.05) is 65.1 Å². The molecule has 8 rings (SSSR count). The molecule has 3 aromatic heterocycles. The molecule has 4 aromatic carbocycles. The van der Waals surface area contributed by atoms with E-state index < -0.39 is 28.5 Å². The number of aromatic nitrogens is 3. The summed E-state index contributed by atoms with van der Waals surface area (Å²) in [5, 5.41) is 3.07. The van der Waals surface area contributed by atoms with Crippen LogP contribution in [0.1, 0.15) is 40.7 Å². The van der Waals surface area contributed by atoms with Gasteiger partial charge in [0.25, 0.3) is 0 Å². The van der Waals surface area contributed by atoms with Crippen LogP contribution in [0.15, 0.2) is 92.9 Å². The van der Waals surface area contributed by atoms with Crippen LogP contribution in [0.2, 0.25) is 0 Å². The number of esters is 1. The van der Waals surface area contributed by atoms with Crippen LogP contribution in [0.3, 0.4) is 0 Å². The molecule has 0 aliphatic carbocycles. The normalized spacial score (nSPS) is 14.4. The molecule has 4 heterocycles. The van der Waals surface area contributed by atoms with Gasteiger partial charge in [-0.3, -0.25) is 9.78 Å². The number of hydrogen-bond donors (Lipinski definition) is 1. The number of ether oxygens (including phenoxy) is 3. The third kappa shape index (κ3) is 8.97. The second-order valence-corrected chi connectivity index (χ2v) is 17.3. The highest BCUT2D eigenvalue weighted by atomic mass is 32.2. The van der Waals surface area contributed by atoms with E-state index in [1.165, 1.54) is 12.3 Å². The lowest BCUT2D eigenvalue weighted by atomic mass is 9.91. The number of halogens is 2. The van der Waals surface area contributed by atoms with Gasteiger partial charge in [0.05, 0.1) is 4.90 Å². The molecule has 0 amide bonds. The Bertz CT molecular complexity index is 2890. The van der Waals surface area contributed by atoms with Crippen LogP contribution in [0.25, 0.3) is 56.2 Å². The highest BCUT2D eigenvalue weighted by Crippen LogP contribution is 2.39. The van der Waals surface area contributed by atoms with Gasteiger partial charge in [0.1, 0.15) is 41.8 Å². The highest BCUT2D eigenvalue weighted by Gasteiger charge is 2.25. The van der Waals surface area contributed by atoms with Gasteiger partial charge in [-0.25, -0.2) is 18.4 Å². The Morgan fingerprint density at radius 1 is 0.852 bits per heavy atom. The second-order valence-electron chi connectivity index (χ2n) is 15.3. The summed E-state index contributed by atoms with van der Waals surface area (Å²) in [5.41, 5.74) is 8.58. The van der Waals surface area contributed by atoms with E-state index in [9.17, 15) is 22.0 Å². The molecule has 7 aromatic rings. The average molecular weight is 852 g/mol. The Morgan fingerprint density at radius 2 is 1.46 bits per heavy atom. The summed E-state index contributed by atoms with van der Waals surface area (Å²) in [6, 6.07) is 19.4. The van der Waals surface area contributed by atoms with Crippen LogP contribution in [0.4, 0.5) is 8.78 Å². The molecular weight excluding hydrogens is 809 g/mol. The highest BCUT2D eigenvalue weighted by molar-refractivity contribution is 7.90. The molecule has 0 bridgehead atoms. The molecule has 316 valence electrons. The summed E-state index contributed by atoms with van der Waals surface area (Å²) in [4.78, 5) is 28.4. The largest absolute Gasteiger partial charge is 0.488 e. The number of benzene rings is 4. The van der Waals surface area contributed by atoms with Crippen molar-refractivity contribution in [2.24, 2.45) is 0 Å². The molecule has 61 heavy (non-hydrogen) atoms. The van der Waals surface area contributed by atoms with Crippen molar-refractivity contribution in [2.45, 2.75) is 64.0 Å². The number of nitrogens with zero attached hydrogens (tertiary/aromatic N) is 4. The number of pyridine rings is 1. The summed E-state index contributed by atoms with van der Waals surface area (Å²) < 4.78 is 80.2. The Morgan fingerprint density at radius 3 is 2.03 bits per heavy atom. The third-order valence-electron chi connectivity index (χ3n) is 10.6. The number of carbonyl (C=O) groups is 1. The zero-order chi connectivity index (χ0) is 43.0. The summed E-state index contributed by atoms with van der Waals surface area (Å²) in [5.74, 6) is 0.648. The maximum absolute atomic E-state index is 13.5. The monoisotopic (exact) mass is 851 g/mol. The predicted molar refractivity (Wildman–Crippen MR) is 224 cm³/mol. The number of alkyl halides is 2. The van der Waals surface area contributed by atoms with E-state index >= 15 is 0 Å². The molecule has 16 heteroatoms. The van der Waals surface area contributed by atoms with E-state index in [2.05, 4.69) is 10.3 Å². The van der Waals surface area contributed by atoms with Gasteiger partial charge in [-0.05, 0) is 99.9 Å². The number of nitrogens with one attached hydrogen (secondary N) is 1. The van der Waals surface area contributed by atoms with Gasteiger partial charge >= 0.3 is 12.6 Å². The molecule has 1 fully saturated rings. The number of sulfone groups is 1. The lowest BCUT2D eigenvalue weighted by Gasteiger charge is -2.15. The molecule has 1 aliphatic rings. The number of hydrogen-bond acceptors (Lipinski definition) is 13. The Kier molecular flexibility index (Phi) is 11.6. The number of rotatable bonds is 14. The fourth-order valence-electron chi connectivity index (χ4n) is 7.50. The van der Waals surface area contributed by atoms with Crippen LogP contribution >= 0.6 is 0 Å². The van der Waals surface area contributed by atoms with Crippen LogP contribution in [-0.2, 0) is 39.1 Å². The molecule has 1 aliphatic heterocycles. The Hall–Kier alpha value is -6.23.